The van der Waals surface area contributed by atoms with Crippen molar-refractivity contribution in [3.05, 3.63) is 54.0 Å². The first-order valence-corrected chi connectivity index (χ1v) is 9.00. The van der Waals surface area contributed by atoms with Crippen molar-refractivity contribution >= 4 is 11.6 Å². The number of aromatic nitrogens is 3. The summed E-state index contributed by atoms with van der Waals surface area (Å²) in [5.74, 6) is 1.06. The summed E-state index contributed by atoms with van der Waals surface area (Å²) in [5.41, 5.74) is 3.25. The molecular weight excluding hydrogens is 386 g/mol. The van der Waals surface area contributed by atoms with Crippen LogP contribution in [0.3, 0.4) is 0 Å². The molecule has 9 heteroatoms. The van der Waals surface area contributed by atoms with Crippen LogP contribution < -0.4 is 19.1 Å². The number of carbonyl (C=O) groups is 1. The number of nitriles is 1. The van der Waals surface area contributed by atoms with Gasteiger partial charge < -0.3 is 19.1 Å². The summed E-state index contributed by atoms with van der Waals surface area (Å²) in [4.78, 5) is 27.4. The normalized spacial score (nSPS) is 12.3. The van der Waals surface area contributed by atoms with Crippen molar-refractivity contribution in [3.8, 4) is 34.8 Å². The van der Waals surface area contributed by atoms with Crippen LogP contribution in [0.1, 0.15) is 16.1 Å². The summed E-state index contributed by atoms with van der Waals surface area (Å²) in [6, 6.07) is 10.6. The van der Waals surface area contributed by atoms with Crippen LogP contribution in [0.2, 0.25) is 0 Å². The maximum absolute atomic E-state index is 12.8. The molecule has 0 radical (unpaired) electrons. The topological polar surface area (TPSA) is 110 Å². The second-order valence-corrected chi connectivity index (χ2v) is 6.32. The van der Waals surface area contributed by atoms with Gasteiger partial charge in [0.05, 0.1) is 49.6 Å². The van der Waals surface area contributed by atoms with Gasteiger partial charge in [-0.2, -0.15) is 5.26 Å². The van der Waals surface area contributed by atoms with Crippen LogP contribution in [0.25, 0.3) is 11.3 Å². The maximum Gasteiger partial charge on any atom is 0.260 e. The van der Waals surface area contributed by atoms with Crippen molar-refractivity contribution in [1.29, 1.82) is 5.26 Å². The molecule has 0 saturated heterocycles. The van der Waals surface area contributed by atoms with E-state index < -0.39 is 0 Å². The zero-order valence-corrected chi connectivity index (χ0v) is 16.3. The number of anilines is 1. The van der Waals surface area contributed by atoms with Gasteiger partial charge >= 0.3 is 0 Å². The first-order valence-electron chi connectivity index (χ1n) is 9.00. The lowest BCUT2D eigenvalue weighted by Crippen LogP contribution is -2.23. The van der Waals surface area contributed by atoms with Gasteiger partial charge in [0, 0.05) is 17.8 Å². The molecule has 1 aliphatic rings. The van der Waals surface area contributed by atoms with Crippen molar-refractivity contribution in [2.75, 3.05) is 25.7 Å². The van der Waals surface area contributed by atoms with E-state index in [-0.39, 0.29) is 12.5 Å². The van der Waals surface area contributed by atoms with Gasteiger partial charge in [0.15, 0.2) is 12.4 Å². The number of amides is 1. The Bertz CT molecular complexity index is 1140. The van der Waals surface area contributed by atoms with Crippen molar-refractivity contribution in [1.82, 2.24) is 15.0 Å². The fraction of sp³-hybridized carbons (Fsp3) is 0.190. The van der Waals surface area contributed by atoms with Gasteiger partial charge in [-0.1, -0.05) is 0 Å². The summed E-state index contributed by atoms with van der Waals surface area (Å²) >= 11 is 0. The predicted molar refractivity (Wildman–Crippen MR) is 106 cm³/mol. The predicted octanol–water partition coefficient (Wildman–Crippen LogP) is 2.62. The molecule has 4 heterocycles. The second-order valence-electron chi connectivity index (χ2n) is 6.32. The van der Waals surface area contributed by atoms with Gasteiger partial charge in [-0.05, 0) is 24.3 Å². The molecule has 0 spiro atoms. The number of carbonyl (C=O) groups excluding carboxylic acids is 1. The lowest BCUT2D eigenvalue weighted by molar-refractivity contribution is 0.0996. The molecule has 3 aromatic heterocycles. The number of hydrogen-bond acceptors (Lipinski definition) is 8. The summed E-state index contributed by atoms with van der Waals surface area (Å²) in [5, 5.41) is 8.57. The zero-order chi connectivity index (χ0) is 21.1. The Labute approximate surface area is 172 Å². The third kappa shape index (κ3) is 3.46. The molecule has 30 heavy (non-hydrogen) atoms. The quantitative estimate of drug-likeness (QED) is 0.618. The summed E-state index contributed by atoms with van der Waals surface area (Å²) in [7, 11) is 3.07. The van der Waals surface area contributed by atoms with Crippen molar-refractivity contribution in [2.45, 2.75) is 6.54 Å². The molecule has 1 aliphatic heterocycles. The van der Waals surface area contributed by atoms with Crippen LogP contribution >= 0.6 is 0 Å². The van der Waals surface area contributed by atoms with Crippen LogP contribution in [0.4, 0.5) is 5.69 Å². The molecule has 3 aromatic rings. The van der Waals surface area contributed by atoms with Crippen LogP contribution in [-0.4, -0.2) is 41.7 Å². The van der Waals surface area contributed by atoms with E-state index in [0.717, 1.165) is 5.56 Å². The molecule has 150 valence electrons. The standard InChI is InChI=1S/C21H17N5O4/c1-28-18-9-13(10-24-20(18)29-2)16-5-4-15-17(25-16)12-26(21(15)27)14-3-6-19(23-11-14)30-8-7-22/h3-6,9-11H,8,12H2,1-2H3. The highest BCUT2D eigenvalue weighted by atomic mass is 16.5. The van der Waals surface area contributed by atoms with Gasteiger partial charge in [-0.25, -0.2) is 9.97 Å². The zero-order valence-electron chi connectivity index (χ0n) is 16.3. The molecule has 4 rings (SSSR count). The number of hydrogen-bond donors (Lipinski definition) is 0. The summed E-state index contributed by atoms with van der Waals surface area (Å²) in [6.45, 7) is 0.237. The summed E-state index contributed by atoms with van der Waals surface area (Å²) < 4.78 is 15.6. The Morgan fingerprint density at radius 2 is 2.00 bits per heavy atom. The minimum absolute atomic E-state index is 0.0852. The Hall–Kier alpha value is -4.19. The third-order valence-corrected chi connectivity index (χ3v) is 4.60. The van der Waals surface area contributed by atoms with Crippen molar-refractivity contribution < 1.29 is 19.0 Å². The van der Waals surface area contributed by atoms with E-state index in [2.05, 4.69) is 15.0 Å². The molecular formula is C21H17N5O4. The Morgan fingerprint density at radius 1 is 1.13 bits per heavy atom. The number of ether oxygens (including phenoxy) is 3. The monoisotopic (exact) mass is 403 g/mol. The maximum atomic E-state index is 12.8. The number of nitrogens with zero attached hydrogens (tertiary/aromatic N) is 5. The number of methoxy groups -OCH3 is 2. The van der Waals surface area contributed by atoms with E-state index in [1.807, 2.05) is 6.07 Å². The van der Waals surface area contributed by atoms with Crippen LogP contribution in [0.5, 0.6) is 17.5 Å². The SMILES string of the molecule is COc1cc(-c2ccc3c(n2)CN(c2ccc(OCC#N)nc2)C3=O)cnc1OC. The van der Waals surface area contributed by atoms with Crippen LogP contribution in [-0.2, 0) is 6.54 Å². The largest absolute Gasteiger partial charge is 0.491 e. The summed E-state index contributed by atoms with van der Waals surface area (Å²) in [6.07, 6.45) is 3.18. The third-order valence-electron chi connectivity index (χ3n) is 4.60. The molecule has 0 aliphatic carbocycles. The fourth-order valence-corrected chi connectivity index (χ4v) is 3.15. The van der Waals surface area contributed by atoms with Crippen molar-refractivity contribution in [3.63, 3.8) is 0 Å². The highest BCUT2D eigenvalue weighted by Gasteiger charge is 2.30. The smallest absolute Gasteiger partial charge is 0.260 e. The molecule has 0 aromatic carbocycles. The Balaban J connectivity index is 1.59. The Kier molecular flexibility index (Phi) is 5.13. The highest BCUT2D eigenvalue weighted by molar-refractivity contribution is 6.09. The van der Waals surface area contributed by atoms with Gasteiger partial charge in [-0.15, -0.1) is 0 Å². The van der Waals surface area contributed by atoms with Crippen LogP contribution in [0, 0.1) is 11.3 Å². The lowest BCUT2D eigenvalue weighted by atomic mass is 10.1. The van der Waals surface area contributed by atoms with E-state index in [1.165, 1.54) is 13.3 Å². The van der Waals surface area contributed by atoms with Gasteiger partial charge in [0.25, 0.3) is 11.8 Å². The van der Waals surface area contributed by atoms with Gasteiger partial charge in [0.2, 0.25) is 5.88 Å². The van der Waals surface area contributed by atoms with Gasteiger partial charge in [-0.3, -0.25) is 9.78 Å². The first-order chi connectivity index (χ1) is 14.6. The lowest BCUT2D eigenvalue weighted by Gasteiger charge is -2.15. The second kappa shape index (κ2) is 8.05. The molecule has 0 unspecified atom stereocenters. The van der Waals surface area contributed by atoms with E-state index in [9.17, 15) is 4.79 Å². The molecule has 0 atom stereocenters. The highest BCUT2D eigenvalue weighted by Crippen LogP contribution is 2.32. The average molecular weight is 403 g/mol. The fourth-order valence-electron chi connectivity index (χ4n) is 3.15. The van der Waals surface area contributed by atoms with E-state index in [4.69, 9.17) is 19.5 Å². The number of pyridine rings is 3. The number of fused-ring (bicyclic) bond motifs is 1. The van der Waals surface area contributed by atoms with Crippen molar-refractivity contribution in [2.24, 2.45) is 0 Å². The number of rotatable bonds is 6. The van der Waals surface area contributed by atoms with E-state index in [0.29, 0.717) is 46.7 Å². The van der Waals surface area contributed by atoms with E-state index in [1.54, 1.807) is 48.5 Å². The average Bonchev–Trinajstić information content (AvgIpc) is 3.13. The molecule has 0 bridgehead atoms. The molecule has 0 N–H and O–H groups in total. The molecule has 0 saturated carbocycles. The minimum Gasteiger partial charge on any atom is -0.491 e. The Morgan fingerprint density at radius 3 is 2.70 bits per heavy atom. The van der Waals surface area contributed by atoms with Crippen LogP contribution in [0.15, 0.2) is 42.7 Å². The molecule has 1 amide bonds. The van der Waals surface area contributed by atoms with E-state index >= 15 is 0 Å². The molecule has 9 nitrogen and oxygen atoms in total. The van der Waals surface area contributed by atoms with Gasteiger partial charge in [0.1, 0.15) is 6.07 Å². The first kappa shape index (κ1) is 19.1. The minimum atomic E-state index is -0.151. The molecule has 0 fully saturated rings.